The molecule has 1 rings (SSSR count). The maximum Gasteiger partial charge on any atom is 0.396 e. The molecule has 1 aliphatic rings. The number of hydrogen-bond acceptors (Lipinski definition) is 5. The van der Waals surface area contributed by atoms with E-state index in [2.05, 4.69) is 10.1 Å². The van der Waals surface area contributed by atoms with Crippen molar-refractivity contribution in [2.45, 2.75) is 13.0 Å². The summed E-state index contributed by atoms with van der Waals surface area (Å²) in [5.41, 5.74) is 0. The molecule has 0 aromatic carbocycles. The minimum Gasteiger partial charge on any atom is -0.462 e. The smallest absolute Gasteiger partial charge is 0.396 e. The Morgan fingerprint density at radius 3 is 2.41 bits per heavy atom. The van der Waals surface area contributed by atoms with Gasteiger partial charge in [0.25, 0.3) is 0 Å². The van der Waals surface area contributed by atoms with Crippen LogP contribution in [0.25, 0.3) is 0 Å². The number of hydrogen-bond donors (Lipinski definition) is 1. The third-order valence-electron chi connectivity index (χ3n) is 2.41. The molecule has 0 radical (unpaired) electrons. The van der Waals surface area contributed by atoms with Gasteiger partial charge in [0.05, 0.1) is 20.3 Å². The topological polar surface area (TPSA) is 84.9 Å². The van der Waals surface area contributed by atoms with E-state index in [4.69, 9.17) is 4.74 Å². The van der Waals surface area contributed by atoms with Crippen LogP contribution in [0.3, 0.4) is 0 Å². The molecule has 0 spiro atoms. The average Bonchev–Trinajstić information content (AvgIpc) is 2.37. The van der Waals surface area contributed by atoms with Crippen molar-refractivity contribution in [1.29, 1.82) is 0 Å². The number of carbonyl (C=O) groups is 3. The molecule has 0 aromatic rings. The highest BCUT2D eigenvalue weighted by molar-refractivity contribution is 6.32. The highest BCUT2D eigenvalue weighted by Crippen LogP contribution is 2.00. The Kier molecular flexibility index (Phi) is 4.89. The molecule has 2 amide bonds. The van der Waals surface area contributed by atoms with Gasteiger partial charge in [-0.1, -0.05) is 0 Å². The second-order valence-electron chi connectivity index (χ2n) is 3.62. The zero-order valence-corrected chi connectivity index (χ0v) is 9.89. The van der Waals surface area contributed by atoms with E-state index in [1.807, 2.05) is 0 Å². The van der Waals surface area contributed by atoms with Crippen molar-refractivity contribution >= 4 is 17.8 Å². The molecular weight excluding hydrogens is 228 g/mol. The number of nitrogens with zero attached hydrogens (tertiary/aromatic N) is 1. The number of ether oxygens (including phenoxy) is 2. The second-order valence-corrected chi connectivity index (χ2v) is 3.62. The average molecular weight is 244 g/mol. The van der Waals surface area contributed by atoms with Gasteiger partial charge in [0, 0.05) is 13.1 Å². The van der Waals surface area contributed by atoms with Gasteiger partial charge in [-0.2, -0.15) is 0 Å². The first-order valence-corrected chi connectivity index (χ1v) is 5.31. The van der Waals surface area contributed by atoms with Gasteiger partial charge in [0.15, 0.2) is 0 Å². The Hall–Kier alpha value is -1.63. The summed E-state index contributed by atoms with van der Waals surface area (Å²) in [6.07, 6.45) is 0. The van der Waals surface area contributed by atoms with E-state index in [1.165, 1.54) is 6.92 Å². The molecule has 1 saturated heterocycles. The molecule has 1 unspecified atom stereocenters. The molecule has 17 heavy (non-hydrogen) atoms. The van der Waals surface area contributed by atoms with E-state index in [0.29, 0.717) is 26.3 Å². The summed E-state index contributed by atoms with van der Waals surface area (Å²) < 4.78 is 9.35. The maximum atomic E-state index is 11.8. The fourth-order valence-corrected chi connectivity index (χ4v) is 1.47. The molecule has 1 N–H and O–H groups in total. The summed E-state index contributed by atoms with van der Waals surface area (Å²) in [5, 5.41) is 2.28. The molecule has 96 valence electrons. The third-order valence-corrected chi connectivity index (χ3v) is 2.41. The first-order valence-electron chi connectivity index (χ1n) is 5.31. The number of morpholine rings is 1. The van der Waals surface area contributed by atoms with Gasteiger partial charge < -0.3 is 19.7 Å². The zero-order chi connectivity index (χ0) is 12.8. The fourth-order valence-electron chi connectivity index (χ4n) is 1.47. The molecule has 0 aromatic heterocycles. The van der Waals surface area contributed by atoms with Crippen molar-refractivity contribution in [3.8, 4) is 0 Å². The van der Waals surface area contributed by atoms with Crippen LogP contribution in [-0.2, 0) is 23.9 Å². The van der Waals surface area contributed by atoms with Gasteiger partial charge in [-0.3, -0.25) is 9.59 Å². The summed E-state index contributed by atoms with van der Waals surface area (Å²) in [4.78, 5) is 35.5. The van der Waals surface area contributed by atoms with Crippen LogP contribution < -0.4 is 5.32 Å². The van der Waals surface area contributed by atoms with Crippen molar-refractivity contribution in [1.82, 2.24) is 10.2 Å². The lowest BCUT2D eigenvalue weighted by Gasteiger charge is -2.29. The molecule has 7 heteroatoms. The minimum absolute atomic E-state index is 0.231. The second kappa shape index (κ2) is 6.19. The first-order chi connectivity index (χ1) is 8.06. The lowest BCUT2D eigenvalue weighted by atomic mass is 10.2. The van der Waals surface area contributed by atoms with Crippen LogP contribution in [-0.4, -0.2) is 62.1 Å². The van der Waals surface area contributed by atoms with Crippen molar-refractivity contribution in [2.75, 3.05) is 33.4 Å². The first kappa shape index (κ1) is 13.4. The lowest BCUT2D eigenvalue weighted by Crippen LogP contribution is -2.51. The SMILES string of the molecule is COC(=O)C(=O)NC(C)C(=O)N1CCOCC1. The van der Waals surface area contributed by atoms with E-state index in [0.717, 1.165) is 7.11 Å². The number of methoxy groups -OCH3 is 1. The molecule has 1 heterocycles. The van der Waals surface area contributed by atoms with Gasteiger partial charge in [0.1, 0.15) is 6.04 Å². The van der Waals surface area contributed by atoms with Crippen molar-refractivity contribution in [3.05, 3.63) is 0 Å². The molecule has 0 aliphatic carbocycles. The zero-order valence-electron chi connectivity index (χ0n) is 9.89. The van der Waals surface area contributed by atoms with Crippen LogP contribution >= 0.6 is 0 Å². The van der Waals surface area contributed by atoms with Crippen molar-refractivity contribution < 1.29 is 23.9 Å². The van der Waals surface area contributed by atoms with E-state index in [-0.39, 0.29) is 5.91 Å². The molecule has 1 fully saturated rings. The molecule has 0 saturated carbocycles. The van der Waals surface area contributed by atoms with Crippen LogP contribution in [0.2, 0.25) is 0 Å². The summed E-state index contributed by atoms with van der Waals surface area (Å²) >= 11 is 0. The maximum absolute atomic E-state index is 11.8. The lowest BCUT2D eigenvalue weighted by molar-refractivity contribution is -0.153. The van der Waals surface area contributed by atoms with E-state index in [1.54, 1.807) is 4.90 Å². The number of esters is 1. The van der Waals surface area contributed by atoms with Crippen LogP contribution in [0, 0.1) is 0 Å². The normalized spacial score (nSPS) is 17.2. The van der Waals surface area contributed by atoms with Crippen LogP contribution in [0.1, 0.15) is 6.92 Å². The Bertz CT molecular complexity index is 312. The van der Waals surface area contributed by atoms with E-state index in [9.17, 15) is 14.4 Å². The summed E-state index contributed by atoms with van der Waals surface area (Å²) in [5.74, 6) is -2.15. The molecule has 7 nitrogen and oxygen atoms in total. The number of carbonyl (C=O) groups excluding carboxylic acids is 3. The quantitative estimate of drug-likeness (QED) is 0.473. The van der Waals surface area contributed by atoms with Crippen molar-refractivity contribution in [3.63, 3.8) is 0 Å². The highest BCUT2D eigenvalue weighted by atomic mass is 16.5. The number of rotatable bonds is 2. The van der Waals surface area contributed by atoms with Crippen LogP contribution in [0.4, 0.5) is 0 Å². The Balaban J connectivity index is 2.45. The Morgan fingerprint density at radius 2 is 1.88 bits per heavy atom. The van der Waals surface area contributed by atoms with Gasteiger partial charge in [-0.25, -0.2) is 4.79 Å². The van der Waals surface area contributed by atoms with Crippen LogP contribution in [0.5, 0.6) is 0 Å². The number of nitrogens with one attached hydrogen (secondary N) is 1. The third kappa shape index (κ3) is 3.70. The molecule has 0 bridgehead atoms. The van der Waals surface area contributed by atoms with Gasteiger partial charge in [-0.15, -0.1) is 0 Å². The monoisotopic (exact) mass is 244 g/mol. The molecule has 1 atom stereocenters. The van der Waals surface area contributed by atoms with E-state index < -0.39 is 17.9 Å². The van der Waals surface area contributed by atoms with Gasteiger partial charge in [-0.05, 0) is 6.92 Å². The van der Waals surface area contributed by atoms with Crippen LogP contribution in [0.15, 0.2) is 0 Å². The minimum atomic E-state index is -1.01. The largest absolute Gasteiger partial charge is 0.462 e. The predicted molar refractivity (Wildman–Crippen MR) is 57.0 cm³/mol. The Labute approximate surface area is 99.0 Å². The fraction of sp³-hybridized carbons (Fsp3) is 0.700. The summed E-state index contributed by atoms with van der Waals surface area (Å²) in [6, 6.07) is -0.750. The predicted octanol–water partition coefficient (Wildman–Crippen LogP) is -1.48. The summed E-state index contributed by atoms with van der Waals surface area (Å²) in [7, 11) is 1.11. The molecular formula is C10H16N2O5. The van der Waals surface area contributed by atoms with Gasteiger partial charge in [0.2, 0.25) is 5.91 Å². The van der Waals surface area contributed by atoms with Crippen molar-refractivity contribution in [2.24, 2.45) is 0 Å². The Morgan fingerprint density at radius 1 is 1.29 bits per heavy atom. The number of amides is 2. The highest BCUT2D eigenvalue weighted by Gasteiger charge is 2.25. The summed E-state index contributed by atoms with van der Waals surface area (Å²) in [6.45, 7) is 3.50. The molecule has 1 aliphatic heterocycles. The van der Waals surface area contributed by atoms with E-state index >= 15 is 0 Å². The van der Waals surface area contributed by atoms with Gasteiger partial charge >= 0.3 is 11.9 Å². The standard InChI is InChI=1S/C10H16N2O5/c1-7(11-8(13)10(15)16-2)9(14)12-3-5-17-6-4-12/h7H,3-6H2,1-2H3,(H,11,13).